The first kappa shape index (κ1) is 18.4. The molecule has 1 atom stereocenters. The van der Waals surface area contributed by atoms with Crippen molar-refractivity contribution in [1.29, 1.82) is 0 Å². The van der Waals surface area contributed by atoms with Gasteiger partial charge in [0.2, 0.25) is 0 Å². The minimum atomic E-state index is -1.01. The minimum Gasteiger partial charge on any atom is -0.322 e. The lowest BCUT2D eigenvalue weighted by atomic mass is 9.93. The van der Waals surface area contributed by atoms with Gasteiger partial charge >= 0.3 is 6.03 Å². The zero-order valence-corrected chi connectivity index (χ0v) is 15.6. The lowest BCUT2D eigenvalue weighted by Gasteiger charge is -2.20. The molecular formula is C19H17Cl2N3O2. The summed E-state index contributed by atoms with van der Waals surface area (Å²) in [6, 6.07) is 14.2. The van der Waals surface area contributed by atoms with Crippen LogP contribution in [0.3, 0.4) is 0 Å². The summed E-state index contributed by atoms with van der Waals surface area (Å²) < 4.78 is 0. The molecule has 7 heteroatoms. The molecule has 0 aromatic heterocycles. The Labute approximate surface area is 161 Å². The molecule has 0 spiro atoms. The molecule has 0 aliphatic carbocycles. The first-order valence-corrected chi connectivity index (χ1v) is 8.85. The number of urea groups is 1. The standard InChI is InChI=1S/C19H17Cl2N3O2/c1-19(11-10-13-6-3-2-4-7-13)17(25)24(18(26)23-19)22-12-14-15(20)8-5-9-16(14)21/h2-9,12H,10-11H2,1H3,(H,23,26)/t19-/m1/s1. The fourth-order valence-electron chi connectivity index (χ4n) is 2.73. The van der Waals surface area contributed by atoms with E-state index in [1.54, 1.807) is 25.1 Å². The second-order valence-corrected chi connectivity index (χ2v) is 7.06. The Kier molecular flexibility index (Phi) is 5.30. The predicted molar refractivity (Wildman–Crippen MR) is 103 cm³/mol. The topological polar surface area (TPSA) is 61.8 Å². The lowest BCUT2D eigenvalue weighted by molar-refractivity contribution is -0.130. The quantitative estimate of drug-likeness (QED) is 0.612. The van der Waals surface area contributed by atoms with Crippen molar-refractivity contribution in [3.05, 3.63) is 69.7 Å². The Morgan fingerprint density at radius 3 is 2.38 bits per heavy atom. The van der Waals surface area contributed by atoms with Gasteiger partial charge < -0.3 is 5.32 Å². The van der Waals surface area contributed by atoms with E-state index in [0.717, 1.165) is 10.6 Å². The van der Waals surface area contributed by atoms with Gasteiger partial charge in [0.1, 0.15) is 5.54 Å². The summed E-state index contributed by atoms with van der Waals surface area (Å²) in [4.78, 5) is 24.9. The van der Waals surface area contributed by atoms with Gasteiger partial charge in [0.05, 0.1) is 16.3 Å². The number of imide groups is 1. The number of carbonyl (C=O) groups is 2. The molecule has 2 aromatic carbocycles. The third-order valence-corrected chi connectivity index (χ3v) is 4.96. The van der Waals surface area contributed by atoms with Crippen molar-refractivity contribution < 1.29 is 9.59 Å². The number of halogens is 2. The van der Waals surface area contributed by atoms with Crippen molar-refractivity contribution in [2.75, 3.05) is 0 Å². The number of rotatable bonds is 5. The van der Waals surface area contributed by atoms with E-state index in [0.29, 0.717) is 28.5 Å². The number of hydrogen-bond acceptors (Lipinski definition) is 3. The van der Waals surface area contributed by atoms with Crippen LogP contribution in [-0.4, -0.2) is 28.7 Å². The van der Waals surface area contributed by atoms with Crippen LogP contribution in [0.1, 0.15) is 24.5 Å². The SMILES string of the molecule is C[C@]1(CCc2ccccc2)NC(=O)N(N=Cc2c(Cl)cccc2Cl)C1=O. The molecule has 3 rings (SSSR count). The van der Waals surface area contributed by atoms with E-state index in [2.05, 4.69) is 10.4 Å². The van der Waals surface area contributed by atoms with Crippen LogP contribution in [0.5, 0.6) is 0 Å². The Morgan fingerprint density at radius 2 is 1.73 bits per heavy atom. The van der Waals surface area contributed by atoms with Crippen molar-refractivity contribution >= 4 is 41.4 Å². The average molecular weight is 390 g/mol. The van der Waals surface area contributed by atoms with E-state index in [1.165, 1.54) is 6.21 Å². The van der Waals surface area contributed by atoms with Gasteiger partial charge in [-0.15, -0.1) is 5.01 Å². The zero-order chi connectivity index (χ0) is 18.7. The highest BCUT2D eigenvalue weighted by molar-refractivity contribution is 6.38. The van der Waals surface area contributed by atoms with Crippen LogP contribution < -0.4 is 5.32 Å². The number of hydrazone groups is 1. The van der Waals surface area contributed by atoms with Crippen LogP contribution >= 0.6 is 23.2 Å². The molecular weight excluding hydrogens is 373 g/mol. The molecule has 1 N–H and O–H groups in total. The van der Waals surface area contributed by atoms with E-state index in [4.69, 9.17) is 23.2 Å². The van der Waals surface area contributed by atoms with Crippen LogP contribution in [0.15, 0.2) is 53.6 Å². The van der Waals surface area contributed by atoms with Gasteiger partial charge in [-0.1, -0.05) is 59.6 Å². The van der Waals surface area contributed by atoms with Crippen LogP contribution in [-0.2, 0) is 11.2 Å². The number of hydrogen-bond donors (Lipinski definition) is 1. The van der Waals surface area contributed by atoms with Crippen molar-refractivity contribution in [3.8, 4) is 0 Å². The second kappa shape index (κ2) is 7.48. The predicted octanol–water partition coefficient (Wildman–Crippen LogP) is 4.27. The summed E-state index contributed by atoms with van der Waals surface area (Å²) >= 11 is 12.2. The highest BCUT2D eigenvalue weighted by atomic mass is 35.5. The van der Waals surface area contributed by atoms with Gasteiger partial charge in [0.25, 0.3) is 5.91 Å². The van der Waals surface area contributed by atoms with Crippen LogP contribution in [0.4, 0.5) is 4.79 Å². The van der Waals surface area contributed by atoms with Crippen molar-refractivity contribution in [2.24, 2.45) is 5.10 Å². The van der Waals surface area contributed by atoms with Crippen LogP contribution in [0.2, 0.25) is 10.0 Å². The molecule has 1 aliphatic heterocycles. The Bertz CT molecular complexity index is 850. The molecule has 0 saturated carbocycles. The van der Waals surface area contributed by atoms with E-state index in [9.17, 15) is 9.59 Å². The van der Waals surface area contributed by atoms with E-state index in [-0.39, 0.29) is 0 Å². The second-order valence-electron chi connectivity index (χ2n) is 6.24. The highest BCUT2D eigenvalue weighted by Gasteiger charge is 2.47. The summed E-state index contributed by atoms with van der Waals surface area (Å²) in [5.41, 5.74) is 0.545. The summed E-state index contributed by atoms with van der Waals surface area (Å²) in [7, 11) is 0. The maximum absolute atomic E-state index is 12.7. The minimum absolute atomic E-state index is 0.389. The molecule has 5 nitrogen and oxygen atoms in total. The number of carbonyl (C=O) groups excluding carboxylic acids is 2. The van der Waals surface area contributed by atoms with Gasteiger partial charge in [-0.25, -0.2) is 4.79 Å². The number of amides is 3. The Balaban J connectivity index is 1.75. The van der Waals surface area contributed by atoms with Gasteiger partial charge in [0, 0.05) is 5.56 Å². The van der Waals surface area contributed by atoms with Gasteiger partial charge in [-0.3, -0.25) is 4.79 Å². The molecule has 2 aromatic rings. The van der Waals surface area contributed by atoms with Gasteiger partial charge in [0.15, 0.2) is 0 Å². The van der Waals surface area contributed by atoms with Crippen molar-refractivity contribution in [2.45, 2.75) is 25.3 Å². The average Bonchev–Trinajstić information content (AvgIpc) is 2.84. The number of nitrogens with one attached hydrogen (secondary N) is 1. The van der Waals surface area contributed by atoms with Crippen LogP contribution in [0.25, 0.3) is 0 Å². The van der Waals surface area contributed by atoms with E-state index < -0.39 is 17.5 Å². The summed E-state index contributed by atoms with van der Waals surface area (Å²) in [5, 5.41) is 8.33. The number of nitrogens with zero attached hydrogens (tertiary/aromatic N) is 2. The smallest absolute Gasteiger partial charge is 0.322 e. The fourth-order valence-corrected chi connectivity index (χ4v) is 3.23. The fraction of sp³-hybridized carbons (Fsp3) is 0.211. The summed E-state index contributed by atoms with van der Waals surface area (Å²) in [6.45, 7) is 1.70. The maximum atomic E-state index is 12.7. The molecule has 1 saturated heterocycles. The molecule has 0 radical (unpaired) electrons. The largest absolute Gasteiger partial charge is 0.346 e. The third kappa shape index (κ3) is 3.74. The monoisotopic (exact) mass is 389 g/mol. The van der Waals surface area contributed by atoms with E-state index >= 15 is 0 Å². The van der Waals surface area contributed by atoms with Gasteiger partial charge in [-0.2, -0.15) is 5.10 Å². The molecule has 1 aliphatic rings. The maximum Gasteiger partial charge on any atom is 0.346 e. The molecule has 26 heavy (non-hydrogen) atoms. The van der Waals surface area contributed by atoms with Crippen LogP contribution in [0, 0.1) is 0 Å². The summed E-state index contributed by atoms with van der Waals surface area (Å²) in [5.74, 6) is -0.405. The summed E-state index contributed by atoms with van der Waals surface area (Å²) in [6.07, 6.45) is 2.46. The number of benzene rings is 2. The van der Waals surface area contributed by atoms with E-state index in [1.807, 2.05) is 30.3 Å². The molecule has 0 unspecified atom stereocenters. The Morgan fingerprint density at radius 1 is 1.08 bits per heavy atom. The third-order valence-electron chi connectivity index (χ3n) is 4.30. The first-order valence-electron chi connectivity index (χ1n) is 8.09. The molecule has 0 bridgehead atoms. The number of aryl methyl sites for hydroxylation is 1. The molecule has 3 amide bonds. The van der Waals surface area contributed by atoms with Gasteiger partial charge in [-0.05, 0) is 37.5 Å². The highest BCUT2D eigenvalue weighted by Crippen LogP contribution is 2.25. The molecule has 134 valence electrons. The molecule has 1 heterocycles. The normalized spacial score (nSPS) is 20.0. The van der Waals surface area contributed by atoms with Crippen molar-refractivity contribution in [1.82, 2.24) is 10.3 Å². The van der Waals surface area contributed by atoms with Crippen molar-refractivity contribution in [3.63, 3.8) is 0 Å². The molecule has 1 fully saturated rings. The Hall–Kier alpha value is -2.37. The zero-order valence-electron chi connectivity index (χ0n) is 14.1. The lowest BCUT2D eigenvalue weighted by Crippen LogP contribution is -2.44. The first-order chi connectivity index (χ1) is 12.4.